The third-order valence-corrected chi connectivity index (χ3v) is 4.54. The van der Waals surface area contributed by atoms with E-state index in [1.54, 1.807) is 0 Å². The Morgan fingerprint density at radius 1 is 1.26 bits per heavy atom. The van der Waals surface area contributed by atoms with E-state index in [1.807, 2.05) is 0 Å². The third kappa shape index (κ3) is 3.46. The first-order valence-corrected chi connectivity index (χ1v) is 7.71. The molecule has 0 aliphatic rings. The maximum Gasteiger partial charge on any atom is 0.416 e. The number of hydrogen-bond donors (Lipinski definition) is 1. The summed E-state index contributed by atoms with van der Waals surface area (Å²) >= 11 is 11.7. The zero-order valence-corrected chi connectivity index (χ0v) is 13.6. The van der Waals surface area contributed by atoms with Crippen LogP contribution in [0.15, 0.2) is 23.2 Å². The second-order valence-electron chi connectivity index (χ2n) is 4.32. The lowest BCUT2D eigenvalue weighted by atomic mass is 10.2. The van der Waals surface area contributed by atoms with Gasteiger partial charge in [-0.2, -0.15) is 22.2 Å². The summed E-state index contributed by atoms with van der Waals surface area (Å²) in [6.45, 7) is 0.929. The first kappa shape index (κ1) is 18.0. The van der Waals surface area contributed by atoms with Gasteiger partial charge in [0.05, 0.1) is 37.6 Å². The Morgan fingerprint density at radius 2 is 1.78 bits per heavy atom. The molecule has 1 aromatic carbocycles. The van der Waals surface area contributed by atoms with Gasteiger partial charge in [0.2, 0.25) is 0 Å². The molecule has 0 saturated carbocycles. The maximum absolute atomic E-state index is 13.7. The summed E-state index contributed by atoms with van der Waals surface area (Å²) in [4.78, 5) is -0.253. The van der Waals surface area contributed by atoms with Crippen LogP contribution in [-0.2, 0) is 6.18 Å². The van der Waals surface area contributed by atoms with Crippen molar-refractivity contribution in [2.24, 2.45) is 0 Å². The minimum atomic E-state index is -4.64. The molecule has 3 nitrogen and oxygen atoms in total. The molecule has 1 unspecified atom stereocenters. The first-order chi connectivity index (χ1) is 10.5. The topological polar surface area (TPSA) is 43.8 Å². The molecule has 126 valence electrons. The summed E-state index contributed by atoms with van der Waals surface area (Å²) in [5.74, 6) is -0.309. The minimum Gasteiger partial charge on any atom is -0.383 e. The molecule has 2 aromatic rings. The Morgan fingerprint density at radius 3 is 2.22 bits per heavy atom. The van der Waals surface area contributed by atoms with Gasteiger partial charge in [-0.1, -0.05) is 23.2 Å². The average Bonchev–Trinajstić information content (AvgIpc) is 2.78. The van der Waals surface area contributed by atoms with Gasteiger partial charge in [-0.05, 0) is 19.1 Å². The van der Waals surface area contributed by atoms with Crippen molar-refractivity contribution in [3.63, 3.8) is 0 Å². The normalized spacial score (nSPS) is 14.0. The Hall–Kier alpha value is -1.32. The maximum atomic E-state index is 13.7. The lowest BCUT2D eigenvalue weighted by Crippen LogP contribution is -2.08. The second-order valence-corrected chi connectivity index (χ2v) is 6.65. The van der Waals surface area contributed by atoms with Gasteiger partial charge < -0.3 is 5.73 Å². The van der Waals surface area contributed by atoms with E-state index in [-0.39, 0.29) is 26.4 Å². The Labute approximate surface area is 140 Å². The van der Waals surface area contributed by atoms with Gasteiger partial charge in [0.15, 0.2) is 5.12 Å². The Kier molecular flexibility index (Phi) is 4.93. The first-order valence-electron chi connectivity index (χ1n) is 5.83. The van der Waals surface area contributed by atoms with Gasteiger partial charge in [0, 0.05) is 0 Å². The summed E-state index contributed by atoms with van der Waals surface area (Å²) in [7, 11) is -2.41. The number of halogens is 7. The molecule has 11 heteroatoms. The van der Waals surface area contributed by atoms with Gasteiger partial charge in [-0.15, -0.1) is 0 Å². The molecule has 0 spiro atoms. The zero-order chi connectivity index (χ0) is 17.5. The smallest absolute Gasteiger partial charge is 0.383 e. The monoisotopic (exact) mass is 391 g/mol. The van der Waals surface area contributed by atoms with E-state index in [9.17, 15) is 21.4 Å². The van der Waals surface area contributed by atoms with Crippen LogP contribution in [0.1, 0.15) is 12.5 Å². The number of benzene rings is 1. The van der Waals surface area contributed by atoms with E-state index in [1.165, 1.54) is 0 Å². The molecule has 23 heavy (non-hydrogen) atoms. The van der Waals surface area contributed by atoms with Crippen LogP contribution in [0.25, 0.3) is 5.69 Å². The van der Waals surface area contributed by atoms with Crippen molar-refractivity contribution < 1.29 is 21.4 Å². The number of hydrogen-bond acceptors (Lipinski definition) is 2. The standard InChI is InChI=1S/C12H8Cl2F5N3S/c1-5(15)23(19)9-4-21-22(11(9)20)10-7(13)2-6(3-8(10)14)12(16,17)18/h2-4H,20H2,1H3. The Balaban J connectivity index is 2.63. The van der Waals surface area contributed by atoms with E-state index in [0.717, 1.165) is 17.8 Å². The van der Waals surface area contributed by atoms with E-state index in [4.69, 9.17) is 28.9 Å². The van der Waals surface area contributed by atoms with E-state index in [2.05, 4.69) is 5.10 Å². The van der Waals surface area contributed by atoms with Crippen LogP contribution >= 0.6 is 34.1 Å². The molecule has 2 N–H and O–H groups in total. The predicted molar refractivity (Wildman–Crippen MR) is 81.8 cm³/mol. The number of rotatable bonds is 2. The minimum absolute atomic E-state index is 0.154. The highest BCUT2D eigenvalue weighted by Gasteiger charge is 2.32. The largest absolute Gasteiger partial charge is 0.416 e. The van der Waals surface area contributed by atoms with Gasteiger partial charge in [-0.25, -0.2) is 9.07 Å². The van der Waals surface area contributed by atoms with Crippen molar-refractivity contribution in [3.8, 4) is 5.69 Å². The number of alkyl halides is 3. The highest BCUT2D eigenvalue weighted by Crippen LogP contribution is 2.40. The summed E-state index contributed by atoms with van der Waals surface area (Å²) < 4.78 is 65.7. The van der Waals surface area contributed by atoms with Crippen molar-refractivity contribution in [2.45, 2.75) is 18.0 Å². The summed E-state index contributed by atoms with van der Waals surface area (Å²) in [5, 5.41) is 1.95. The fourth-order valence-corrected chi connectivity index (χ4v) is 3.10. The molecule has 0 aliphatic carbocycles. The van der Waals surface area contributed by atoms with Crippen LogP contribution in [-0.4, -0.2) is 14.9 Å². The molecule has 0 saturated heterocycles. The predicted octanol–water partition coefficient (Wildman–Crippen LogP) is 5.41. The molecule has 0 aliphatic heterocycles. The van der Waals surface area contributed by atoms with Crippen molar-refractivity contribution >= 4 is 45.0 Å². The van der Waals surface area contributed by atoms with Gasteiger partial charge >= 0.3 is 6.18 Å². The lowest BCUT2D eigenvalue weighted by molar-refractivity contribution is -0.137. The molecular weight excluding hydrogens is 384 g/mol. The molecule has 0 fully saturated rings. The zero-order valence-electron chi connectivity index (χ0n) is 11.3. The lowest BCUT2D eigenvalue weighted by Gasteiger charge is -2.13. The van der Waals surface area contributed by atoms with Gasteiger partial charge in [-0.3, -0.25) is 0 Å². The summed E-state index contributed by atoms with van der Waals surface area (Å²) in [5.41, 5.74) is 4.47. The molecule has 2 rings (SSSR count). The van der Waals surface area contributed by atoms with E-state index >= 15 is 0 Å². The molecule has 0 radical (unpaired) electrons. The number of nitrogens with zero attached hydrogens (tertiary/aromatic N) is 2. The highest BCUT2D eigenvalue weighted by atomic mass is 35.5. The number of nitrogens with two attached hydrogens (primary N) is 1. The number of aromatic nitrogens is 2. The van der Waals surface area contributed by atoms with Gasteiger partial charge in [0.25, 0.3) is 0 Å². The highest BCUT2D eigenvalue weighted by molar-refractivity contribution is 8.11. The summed E-state index contributed by atoms with van der Waals surface area (Å²) in [6, 6.07) is 1.29. The van der Waals surface area contributed by atoms with Crippen LogP contribution in [0.4, 0.5) is 27.3 Å². The van der Waals surface area contributed by atoms with E-state index in [0.29, 0.717) is 12.1 Å². The fraction of sp³-hybridized carbons (Fsp3) is 0.167. The van der Waals surface area contributed by atoms with Crippen molar-refractivity contribution in [3.05, 3.63) is 33.9 Å². The third-order valence-electron chi connectivity index (χ3n) is 2.77. The second kappa shape index (κ2) is 6.29. The number of anilines is 1. The van der Waals surface area contributed by atoms with Crippen molar-refractivity contribution in [1.82, 2.24) is 9.78 Å². The quantitative estimate of drug-likeness (QED) is 0.422. The summed E-state index contributed by atoms with van der Waals surface area (Å²) in [6.07, 6.45) is -3.68. The van der Waals surface area contributed by atoms with Gasteiger partial charge in [0.1, 0.15) is 11.5 Å². The molecule has 0 bridgehead atoms. The van der Waals surface area contributed by atoms with Crippen molar-refractivity contribution in [1.29, 1.82) is 0 Å². The van der Waals surface area contributed by atoms with Crippen LogP contribution < -0.4 is 5.73 Å². The molecule has 0 amide bonds. The van der Waals surface area contributed by atoms with Crippen LogP contribution in [0.3, 0.4) is 0 Å². The van der Waals surface area contributed by atoms with E-state index < -0.39 is 27.7 Å². The van der Waals surface area contributed by atoms with Crippen LogP contribution in [0, 0.1) is 0 Å². The Bertz CT molecular complexity index is 773. The fourth-order valence-electron chi connectivity index (χ4n) is 1.74. The number of nitrogen functional groups attached to an aromatic ring is 1. The molecule has 1 heterocycles. The molecule has 1 atom stereocenters. The average molecular weight is 392 g/mol. The van der Waals surface area contributed by atoms with Crippen LogP contribution in [0.2, 0.25) is 10.0 Å². The van der Waals surface area contributed by atoms with Crippen molar-refractivity contribution in [2.75, 3.05) is 5.73 Å². The van der Waals surface area contributed by atoms with Crippen LogP contribution in [0.5, 0.6) is 0 Å². The molecule has 1 aromatic heterocycles. The SMILES string of the molecule is C/C(F)=S(\F)c1cnn(-c2c(Cl)cc(C(F)(F)F)cc2Cl)c1N. The molecular formula is C12H8Cl2F5N3S.